The molecule has 1 aliphatic rings. The molecule has 0 amide bonds. The number of ether oxygens (including phenoxy) is 1. The summed E-state index contributed by atoms with van der Waals surface area (Å²) in [5.41, 5.74) is 0.160. The van der Waals surface area contributed by atoms with Crippen molar-refractivity contribution in [1.29, 1.82) is 0 Å². The number of carbonyl (C=O) groups is 2. The van der Waals surface area contributed by atoms with Crippen LogP contribution in [-0.4, -0.2) is 45.6 Å². The maximum atomic E-state index is 12.2. The number of hydrogen-bond donors (Lipinski definition) is 1. The molecule has 0 spiro atoms. The molecule has 1 unspecified atom stereocenters. The number of aromatic carboxylic acids is 1. The van der Waals surface area contributed by atoms with Crippen molar-refractivity contribution in [3.8, 4) is 0 Å². The van der Waals surface area contributed by atoms with E-state index in [0.29, 0.717) is 18.7 Å². The van der Waals surface area contributed by atoms with Crippen molar-refractivity contribution in [2.24, 2.45) is 0 Å². The fourth-order valence-electron chi connectivity index (χ4n) is 2.07. The van der Waals surface area contributed by atoms with E-state index in [1.54, 1.807) is 0 Å². The molecule has 0 fully saturated rings. The van der Waals surface area contributed by atoms with Gasteiger partial charge in [0.2, 0.25) is 5.01 Å². The van der Waals surface area contributed by atoms with Crippen LogP contribution in [0.1, 0.15) is 41.1 Å². The van der Waals surface area contributed by atoms with E-state index in [0.717, 1.165) is 4.88 Å². The van der Waals surface area contributed by atoms with Gasteiger partial charge in [-0.1, -0.05) is 0 Å². The summed E-state index contributed by atoms with van der Waals surface area (Å²) >= 11 is 1.17. The summed E-state index contributed by atoms with van der Waals surface area (Å²) in [6, 6.07) is -0.412. The topological polar surface area (TPSA) is 79.7 Å². The second-order valence-electron chi connectivity index (χ2n) is 5.86. The molecule has 1 N–H and O–H groups in total. The summed E-state index contributed by atoms with van der Waals surface area (Å²) in [6.45, 7) is 5.99. The smallest absolute Gasteiger partial charge is 0.365 e. The van der Waals surface area contributed by atoms with Crippen LogP contribution >= 0.6 is 11.3 Å². The van der Waals surface area contributed by atoms with E-state index in [1.807, 2.05) is 32.7 Å². The minimum atomic E-state index is -1.03. The van der Waals surface area contributed by atoms with E-state index < -0.39 is 17.6 Å². The molecule has 2 heterocycles. The van der Waals surface area contributed by atoms with Gasteiger partial charge >= 0.3 is 11.9 Å². The Bertz CT molecular complexity index is 547. The van der Waals surface area contributed by atoms with Crippen LogP contribution in [0.25, 0.3) is 0 Å². The quantitative estimate of drug-likeness (QED) is 0.834. The Hall–Kier alpha value is -1.47. The van der Waals surface area contributed by atoms with Crippen molar-refractivity contribution in [3.05, 3.63) is 15.6 Å². The number of aromatic nitrogens is 1. The highest BCUT2D eigenvalue weighted by Gasteiger charge is 2.35. The minimum absolute atomic E-state index is 0.0771. The number of nitrogens with zero attached hydrogens (tertiary/aromatic N) is 2. The van der Waals surface area contributed by atoms with Crippen LogP contribution in [0.3, 0.4) is 0 Å². The van der Waals surface area contributed by atoms with Gasteiger partial charge in [-0.3, -0.25) is 9.69 Å². The van der Waals surface area contributed by atoms with Crippen LogP contribution in [0.5, 0.6) is 0 Å². The van der Waals surface area contributed by atoms with Gasteiger partial charge in [-0.2, -0.15) is 0 Å². The maximum absolute atomic E-state index is 12.2. The van der Waals surface area contributed by atoms with Crippen molar-refractivity contribution in [2.45, 2.75) is 45.4 Å². The second-order valence-corrected chi connectivity index (χ2v) is 6.95. The van der Waals surface area contributed by atoms with E-state index in [2.05, 4.69) is 4.98 Å². The Labute approximate surface area is 121 Å². The molecule has 0 saturated heterocycles. The highest BCUT2D eigenvalue weighted by atomic mass is 32.1. The number of esters is 1. The zero-order chi connectivity index (χ0) is 15.1. The fourth-order valence-corrected chi connectivity index (χ4v) is 3.06. The number of carboxylic acid groups (broad SMARTS) is 1. The summed E-state index contributed by atoms with van der Waals surface area (Å²) in [5.74, 6) is -1.32. The summed E-state index contributed by atoms with van der Waals surface area (Å²) in [4.78, 5) is 30.0. The molecule has 7 heteroatoms. The van der Waals surface area contributed by atoms with E-state index in [9.17, 15) is 9.59 Å². The first-order chi connectivity index (χ1) is 9.17. The molecular weight excluding hydrogens is 280 g/mol. The molecule has 1 aromatic heterocycles. The van der Waals surface area contributed by atoms with Gasteiger partial charge in [0.05, 0.1) is 5.69 Å². The Morgan fingerprint density at radius 3 is 2.65 bits per heavy atom. The van der Waals surface area contributed by atoms with Crippen LogP contribution in [-0.2, 0) is 22.5 Å². The normalized spacial score (nSPS) is 19.5. The maximum Gasteiger partial charge on any atom is 0.365 e. The highest BCUT2D eigenvalue weighted by molar-refractivity contribution is 7.13. The third kappa shape index (κ3) is 3.16. The Morgan fingerprint density at radius 1 is 1.45 bits per heavy atom. The molecule has 1 aliphatic heterocycles. The number of thiazole rings is 1. The lowest BCUT2D eigenvalue weighted by Gasteiger charge is -2.32. The van der Waals surface area contributed by atoms with Crippen molar-refractivity contribution >= 4 is 23.3 Å². The van der Waals surface area contributed by atoms with Crippen LogP contribution < -0.4 is 0 Å². The number of carbonyl (C=O) groups excluding carboxylic acids is 1. The molecule has 0 bridgehead atoms. The van der Waals surface area contributed by atoms with Gasteiger partial charge in [0.25, 0.3) is 0 Å². The van der Waals surface area contributed by atoms with Crippen molar-refractivity contribution in [1.82, 2.24) is 9.88 Å². The van der Waals surface area contributed by atoms with Gasteiger partial charge in [0.1, 0.15) is 11.6 Å². The summed E-state index contributed by atoms with van der Waals surface area (Å²) in [5, 5.41) is 9.05. The lowest BCUT2D eigenvalue weighted by molar-refractivity contribution is -0.161. The Kier molecular flexibility index (Phi) is 3.84. The van der Waals surface area contributed by atoms with Crippen LogP contribution in [0.15, 0.2) is 0 Å². The number of fused-ring (bicyclic) bond motifs is 1. The molecular formula is C13H18N2O4S. The van der Waals surface area contributed by atoms with Crippen molar-refractivity contribution in [3.63, 3.8) is 0 Å². The van der Waals surface area contributed by atoms with Gasteiger partial charge < -0.3 is 9.84 Å². The predicted octanol–water partition coefficient (Wildman–Crippen LogP) is 1.54. The first kappa shape index (κ1) is 14.9. The minimum Gasteiger partial charge on any atom is -0.476 e. The van der Waals surface area contributed by atoms with Crippen molar-refractivity contribution < 1.29 is 19.4 Å². The first-order valence-corrected chi connectivity index (χ1v) is 7.14. The summed E-state index contributed by atoms with van der Waals surface area (Å²) in [6.07, 6.45) is 0.393. The molecule has 20 heavy (non-hydrogen) atoms. The van der Waals surface area contributed by atoms with Gasteiger partial charge in [0, 0.05) is 17.8 Å². The van der Waals surface area contributed by atoms with Gasteiger partial charge in [-0.25, -0.2) is 9.78 Å². The number of rotatable bonds is 2. The molecule has 110 valence electrons. The third-order valence-corrected chi connectivity index (χ3v) is 4.02. The largest absolute Gasteiger partial charge is 0.476 e. The lowest BCUT2D eigenvalue weighted by atomic mass is 10.0. The number of likely N-dealkylation sites (N-methyl/N-ethyl adjacent to an activating group) is 1. The fraction of sp³-hybridized carbons (Fsp3) is 0.615. The lowest BCUT2D eigenvalue weighted by Crippen LogP contribution is -2.45. The highest BCUT2D eigenvalue weighted by Crippen LogP contribution is 2.28. The molecule has 2 rings (SSSR count). The van der Waals surface area contributed by atoms with Crippen LogP contribution in [0.4, 0.5) is 0 Å². The molecule has 0 saturated carbocycles. The molecule has 1 aromatic rings. The Morgan fingerprint density at radius 2 is 2.10 bits per heavy atom. The van der Waals surface area contributed by atoms with Gasteiger partial charge in [-0.05, 0) is 27.8 Å². The van der Waals surface area contributed by atoms with E-state index in [-0.39, 0.29) is 11.0 Å². The molecule has 0 aliphatic carbocycles. The number of carboxylic acids is 1. The first-order valence-electron chi connectivity index (χ1n) is 6.32. The van der Waals surface area contributed by atoms with Gasteiger partial charge in [0.15, 0.2) is 0 Å². The zero-order valence-electron chi connectivity index (χ0n) is 12.0. The van der Waals surface area contributed by atoms with Crippen LogP contribution in [0.2, 0.25) is 0 Å². The summed E-state index contributed by atoms with van der Waals surface area (Å²) in [7, 11) is 1.83. The van der Waals surface area contributed by atoms with Gasteiger partial charge in [-0.15, -0.1) is 11.3 Å². The summed E-state index contributed by atoms with van der Waals surface area (Å²) < 4.78 is 5.40. The predicted molar refractivity (Wildman–Crippen MR) is 73.9 cm³/mol. The third-order valence-electron chi connectivity index (χ3n) is 2.95. The molecule has 6 nitrogen and oxygen atoms in total. The Balaban J connectivity index is 2.18. The average molecular weight is 298 g/mol. The van der Waals surface area contributed by atoms with E-state index in [4.69, 9.17) is 9.84 Å². The average Bonchev–Trinajstić information content (AvgIpc) is 2.68. The molecule has 1 atom stereocenters. The van der Waals surface area contributed by atoms with E-state index in [1.165, 1.54) is 11.3 Å². The monoisotopic (exact) mass is 298 g/mol. The zero-order valence-corrected chi connectivity index (χ0v) is 12.8. The SMILES string of the molecule is CN1Cc2sc(C(=O)O)nc2CC1C(=O)OC(C)(C)C. The van der Waals surface area contributed by atoms with Crippen molar-refractivity contribution in [2.75, 3.05) is 7.05 Å². The van der Waals surface area contributed by atoms with E-state index >= 15 is 0 Å². The standard InChI is InChI=1S/C13H18N2O4S/c1-13(2,3)19-12(18)8-5-7-9(6-15(8)4)20-10(14-7)11(16)17/h8H,5-6H2,1-4H3,(H,16,17). The molecule has 0 radical (unpaired) electrons. The number of hydrogen-bond acceptors (Lipinski definition) is 6. The molecule has 0 aromatic carbocycles. The second kappa shape index (κ2) is 5.14. The van der Waals surface area contributed by atoms with Crippen LogP contribution in [0, 0.1) is 0 Å².